The number of methoxy groups -OCH3 is 1. The van der Waals surface area contributed by atoms with E-state index in [9.17, 15) is 9.59 Å². The molecule has 3 N–H and O–H groups in total. The average molecular weight is 435 g/mol. The Hall–Kier alpha value is -3.88. The van der Waals surface area contributed by atoms with Crippen molar-refractivity contribution in [2.75, 3.05) is 30.4 Å². The van der Waals surface area contributed by atoms with Crippen molar-refractivity contribution in [2.45, 2.75) is 25.7 Å². The minimum Gasteiger partial charge on any atom is -0.497 e. The van der Waals surface area contributed by atoms with Gasteiger partial charge in [-0.25, -0.2) is 0 Å². The second-order valence-corrected chi connectivity index (χ2v) is 7.58. The average Bonchev–Trinajstić information content (AvgIpc) is 3.50. The molecule has 166 valence electrons. The molecule has 1 aromatic heterocycles. The SMILES string of the molecule is COc1ccc(-c2noc(CCC(=O)Nc3cc(C(N)=O)ccc3N3CCCC3)n2)cc1. The van der Waals surface area contributed by atoms with E-state index in [0.717, 1.165) is 42.9 Å². The Kier molecular flexibility index (Phi) is 6.34. The number of anilines is 2. The first-order valence-corrected chi connectivity index (χ1v) is 10.5. The zero-order valence-corrected chi connectivity index (χ0v) is 17.8. The molecule has 32 heavy (non-hydrogen) atoms. The molecule has 0 spiro atoms. The second kappa shape index (κ2) is 9.51. The number of nitrogens with one attached hydrogen (secondary N) is 1. The predicted octanol–water partition coefficient (Wildman–Crippen LogP) is 3.02. The van der Waals surface area contributed by atoms with Crippen LogP contribution in [0.25, 0.3) is 11.4 Å². The lowest BCUT2D eigenvalue weighted by molar-refractivity contribution is -0.116. The molecule has 0 unspecified atom stereocenters. The quantitative estimate of drug-likeness (QED) is 0.557. The first-order valence-electron chi connectivity index (χ1n) is 10.5. The van der Waals surface area contributed by atoms with E-state index in [1.807, 2.05) is 30.3 Å². The number of amides is 2. The van der Waals surface area contributed by atoms with E-state index < -0.39 is 5.91 Å². The minimum atomic E-state index is -0.537. The third kappa shape index (κ3) is 4.88. The fourth-order valence-electron chi connectivity index (χ4n) is 3.67. The van der Waals surface area contributed by atoms with Crippen molar-refractivity contribution in [1.82, 2.24) is 10.1 Å². The van der Waals surface area contributed by atoms with Crippen LogP contribution in [-0.2, 0) is 11.2 Å². The number of nitrogens with two attached hydrogens (primary N) is 1. The van der Waals surface area contributed by atoms with Crippen molar-refractivity contribution in [3.63, 3.8) is 0 Å². The maximum Gasteiger partial charge on any atom is 0.248 e. The van der Waals surface area contributed by atoms with E-state index in [1.165, 1.54) is 0 Å². The van der Waals surface area contributed by atoms with Gasteiger partial charge in [0.1, 0.15) is 5.75 Å². The number of rotatable bonds is 8. The highest BCUT2D eigenvalue weighted by molar-refractivity contribution is 5.99. The molecule has 9 nitrogen and oxygen atoms in total. The van der Waals surface area contributed by atoms with Crippen LogP contribution < -0.4 is 20.7 Å². The lowest BCUT2D eigenvalue weighted by Gasteiger charge is -2.22. The van der Waals surface area contributed by atoms with Crippen molar-refractivity contribution < 1.29 is 18.8 Å². The number of carbonyl (C=O) groups excluding carboxylic acids is 2. The number of carbonyl (C=O) groups is 2. The number of hydrogen-bond acceptors (Lipinski definition) is 7. The zero-order valence-electron chi connectivity index (χ0n) is 17.8. The summed E-state index contributed by atoms with van der Waals surface area (Å²) in [5.74, 6) is 0.815. The molecule has 1 saturated heterocycles. The number of hydrogen-bond donors (Lipinski definition) is 2. The van der Waals surface area contributed by atoms with Gasteiger partial charge in [0.15, 0.2) is 0 Å². The van der Waals surface area contributed by atoms with Gasteiger partial charge in [-0.3, -0.25) is 9.59 Å². The molecule has 0 atom stereocenters. The van der Waals surface area contributed by atoms with Crippen LogP contribution in [0.4, 0.5) is 11.4 Å². The molecule has 1 aliphatic heterocycles. The van der Waals surface area contributed by atoms with E-state index >= 15 is 0 Å². The Labute approximate surface area is 185 Å². The molecule has 0 aliphatic carbocycles. The molecular weight excluding hydrogens is 410 g/mol. The summed E-state index contributed by atoms with van der Waals surface area (Å²) in [4.78, 5) is 30.8. The number of primary amides is 1. The summed E-state index contributed by atoms with van der Waals surface area (Å²) in [6.07, 6.45) is 2.64. The van der Waals surface area contributed by atoms with Crippen molar-refractivity contribution in [2.24, 2.45) is 5.73 Å². The van der Waals surface area contributed by atoms with Crippen LogP contribution in [0.15, 0.2) is 47.0 Å². The largest absolute Gasteiger partial charge is 0.497 e. The maximum atomic E-state index is 12.6. The standard InChI is InChI=1S/C23H25N5O4/c1-31-17-7-4-15(5-8-17)23-26-21(32-27-23)11-10-20(29)25-18-14-16(22(24)30)6-9-19(18)28-12-2-3-13-28/h4-9,14H,2-3,10-13H2,1H3,(H2,24,30)(H,25,29). The Bertz CT molecular complexity index is 1100. The second-order valence-electron chi connectivity index (χ2n) is 7.58. The molecule has 2 amide bonds. The van der Waals surface area contributed by atoms with Crippen LogP contribution in [0.5, 0.6) is 5.75 Å². The summed E-state index contributed by atoms with van der Waals surface area (Å²) in [5, 5.41) is 6.90. The molecule has 0 radical (unpaired) electrons. The molecule has 4 rings (SSSR count). The lowest BCUT2D eigenvalue weighted by Crippen LogP contribution is -2.22. The van der Waals surface area contributed by atoms with Gasteiger partial charge in [-0.15, -0.1) is 0 Å². The van der Waals surface area contributed by atoms with Crippen LogP contribution >= 0.6 is 0 Å². The summed E-state index contributed by atoms with van der Waals surface area (Å²) in [5.41, 5.74) is 8.04. The van der Waals surface area contributed by atoms with E-state index in [0.29, 0.717) is 29.4 Å². The lowest BCUT2D eigenvalue weighted by atomic mass is 10.1. The molecule has 2 aromatic carbocycles. The summed E-state index contributed by atoms with van der Waals surface area (Å²) in [7, 11) is 1.60. The van der Waals surface area contributed by atoms with Gasteiger partial charge in [0.25, 0.3) is 0 Å². The Morgan fingerprint density at radius 2 is 1.91 bits per heavy atom. The molecule has 0 bridgehead atoms. The fourth-order valence-corrected chi connectivity index (χ4v) is 3.67. The highest BCUT2D eigenvalue weighted by Crippen LogP contribution is 2.30. The smallest absolute Gasteiger partial charge is 0.248 e. The number of benzene rings is 2. The first-order chi connectivity index (χ1) is 15.5. The summed E-state index contributed by atoms with van der Waals surface area (Å²) in [6, 6.07) is 12.5. The topological polar surface area (TPSA) is 124 Å². The minimum absolute atomic E-state index is 0.157. The van der Waals surface area contributed by atoms with Crippen molar-refractivity contribution in [1.29, 1.82) is 0 Å². The predicted molar refractivity (Wildman–Crippen MR) is 120 cm³/mol. The number of aryl methyl sites for hydroxylation is 1. The van der Waals surface area contributed by atoms with Gasteiger partial charge >= 0.3 is 0 Å². The normalized spacial score (nSPS) is 13.2. The van der Waals surface area contributed by atoms with Gasteiger partial charge in [0.05, 0.1) is 18.5 Å². The van der Waals surface area contributed by atoms with E-state index in [4.69, 9.17) is 15.0 Å². The van der Waals surface area contributed by atoms with Crippen LogP contribution in [0.2, 0.25) is 0 Å². The highest BCUT2D eigenvalue weighted by Gasteiger charge is 2.19. The molecule has 1 aliphatic rings. The highest BCUT2D eigenvalue weighted by atomic mass is 16.5. The van der Waals surface area contributed by atoms with E-state index in [1.54, 1.807) is 19.2 Å². The van der Waals surface area contributed by atoms with Crippen LogP contribution in [0, 0.1) is 0 Å². The molecule has 9 heteroatoms. The van der Waals surface area contributed by atoms with Gasteiger partial charge in [0, 0.05) is 37.1 Å². The zero-order chi connectivity index (χ0) is 22.5. The monoisotopic (exact) mass is 435 g/mol. The molecule has 0 saturated carbocycles. The molecular formula is C23H25N5O4. The Morgan fingerprint density at radius 1 is 1.16 bits per heavy atom. The van der Waals surface area contributed by atoms with Crippen LogP contribution in [0.3, 0.4) is 0 Å². The summed E-state index contributed by atoms with van der Waals surface area (Å²) < 4.78 is 10.4. The van der Waals surface area contributed by atoms with Gasteiger partial charge in [-0.1, -0.05) is 5.16 Å². The third-order valence-electron chi connectivity index (χ3n) is 5.38. The first kappa shape index (κ1) is 21.4. The number of nitrogens with zero attached hydrogens (tertiary/aromatic N) is 3. The molecule has 2 heterocycles. The summed E-state index contributed by atoms with van der Waals surface area (Å²) in [6.45, 7) is 1.82. The van der Waals surface area contributed by atoms with Crippen molar-refractivity contribution in [3.05, 3.63) is 53.9 Å². The van der Waals surface area contributed by atoms with Crippen molar-refractivity contribution in [3.8, 4) is 17.1 Å². The number of ether oxygens (including phenoxy) is 1. The van der Waals surface area contributed by atoms with Gasteiger partial charge in [-0.05, 0) is 55.3 Å². The van der Waals surface area contributed by atoms with Gasteiger partial charge < -0.3 is 25.2 Å². The van der Waals surface area contributed by atoms with E-state index in [-0.39, 0.29) is 12.3 Å². The third-order valence-corrected chi connectivity index (χ3v) is 5.38. The van der Waals surface area contributed by atoms with Crippen LogP contribution in [0.1, 0.15) is 35.5 Å². The Morgan fingerprint density at radius 3 is 2.59 bits per heavy atom. The summed E-state index contributed by atoms with van der Waals surface area (Å²) >= 11 is 0. The maximum absolute atomic E-state index is 12.6. The van der Waals surface area contributed by atoms with Crippen LogP contribution in [-0.4, -0.2) is 42.2 Å². The van der Waals surface area contributed by atoms with Gasteiger partial charge in [0.2, 0.25) is 23.5 Å². The fraction of sp³-hybridized carbons (Fsp3) is 0.304. The van der Waals surface area contributed by atoms with E-state index in [2.05, 4.69) is 20.4 Å². The molecule has 3 aromatic rings. The Balaban J connectivity index is 1.41. The van der Waals surface area contributed by atoms with Crippen molar-refractivity contribution >= 4 is 23.2 Å². The van der Waals surface area contributed by atoms with Gasteiger partial charge in [-0.2, -0.15) is 4.98 Å². The number of aromatic nitrogens is 2. The molecule has 1 fully saturated rings.